The van der Waals surface area contributed by atoms with Crippen molar-refractivity contribution in [1.82, 2.24) is 15.0 Å². The number of aryl methyl sites for hydroxylation is 1. The molecule has 5 aromatic heterocycles. The number of aromatic nitrogens is 4. The van der Waals surface area contributed by atoms with E-state index in [-0.39, 0.29) is 41.8 Å². The van der Waals surface area contributed by atoms with Crippen molar-refractivity contribution in [3.05, 3.63) is 132 Å². The first kappa shape index (κ1) is 35.0. The fraction of sp³-hybridized carbons (Fsp3) is 0.257. The van der Waals surface area contributed by atoms with Crippen LogP contribution in [0.25, 0.3) is 22.8 Å². The Hall–Kier alpha value is -4.16. The zero-order valence-electron chi connectivity index (χ0n) is 25.9. The minimum atomic E-state index is -0.404. The molecule has 0 aromatic carbocycles. The number of hydrogen-bond donors (Lipinski definition) is 1. The monoisotopic (exact) mass is 666 g/mol. The summed E-state index contributed by atoms with van der Waals surface area (Å²) in [6.07, 6.45) is 8.69. The number of hydrogen-bond acceptors (Lipinski definition) is 6. The second-order valence-electron chi connectivity index (χ2n) is 11.8. The molecule has 1 N–H and O–H groups in total. The van der Waals surface area contributed by atoms with Gasteiger partial charge < -0.3 is 14.1 Å². The summed E-state index contributed by atoms with van der Waals surface area (Å²) in [5.74, 6) is -0.0556. The largest absolute Gasteiger partial charge is 1.00 e. The van der Waals surface area contributed by atoms with Gasteiger partial charge in [-0.25, -0.2) is 0 Å². The maximum Gasteiger partial charge on any atom is 1.00 e. The number of aromatic hydroxyl groups is 1. The van der Waals surface area contributed by atoms with E-state index in [0.29, 0.717) is 0 Å². The van der Waals surface area contributed by atoms with Gasteiger partial charge in [-0.2, -0.15) is 0 Å². The Morgan fingerprint density at radius 3 is 1.72 bits per heavy atom. The van der Waals surface area contributed by atoms with Crippen LogP contribution in [0, 0.1) is 14.0 Å². The van der Waals surface area contributed by atoms with E-state index in [1.807, 2.05) is 59.6 Å². The van der Waals surface area contributed by atoms with Crippen LogP contribution < -0.4 is 10.00 Å². The molecule has 0 aliphatic carbocycles. The van der Waals surface area contributed by atoms with Gasteiger partial charge >= 0.3 is 19.5 Å². The molecule has 5 heterocycles. The molecule has 225 valence electrons. The average molecular weight is 666 g/mol. The molecule has 0 saturated carbocycles. The van der Waals surface area contributed by atoms with E-state index in [1.165, 1.54) is 30.4 Å². The third kappa shape index (κ3) is 10.3. The van der Waals surface area contributed by atoms with Crippen LogP contribution >= 0.6 is 0 Å². The fourth-order valence-electron chi connectivity index (χ4n) is 3.80. The van der Waals surface area contributed by atoms with Crippen molar-refractivity contribution in [2.75, 3.05) is 0 Å². The summed E-state index contributed by atoms with van der Waals surface area (Å²) in [5, 5.41) is 8.80. The van der Waals surface area contributed by atoms with Gasteiger partial charge in [-0.3, -0.25) is 19.7 Å². The Bertz CT molecular complexity index is 1600. The second kappa shape index (κ2) is 15.4. The van der Waals surface area contributed by atoms with E-state index >= 15 is 0 Å². The number of nitrogens with zero attached hydrogens (tertiary/aromatic N) is 4. The Balaban J connectivity index is 0.000000241. The molecule has 0 unspecified atom stereocenters. The molecule has 43 heavy (non-hydrogen) atoms. The third-order valence-electron chi connectivity index (χ3n) is 6.41. The van der Waals surface area contributed by atoms with Crippen LogP contribution in [0.15, 0.2) is 107 Å². The second-order valence-corrected chi connectivity index (χ2v) is 11.8. The summed E-state index contributed by atoms with van der Waals surface area (Å²) < 4.78 is 6.50. The SMILES string of the molecule is CC(C)(C)c1ccnc(-c2cc(C(C)(C)C)ccn2)c1.Cc1occc(=O)c1O.[CH2-][n+]1ccccc1-c1ccccn1.[Ru+]. The van der Waals surface area contributed by atoms with Gasteiger partial charge in [0.15, 0.2) is 0 Å². The van der Waals surface area contributed by atoms with E-state index in [9.17, 15) is 4.79 Å². The molecule has 0 bridgehead atoms. The Morgan fingerprint density at radius 1 is 0.744 bits per heavy atom. The molecule has 5 rings (SSSR count). The van der Waals surface area contributed by atoms with Crippen LogP contribution in [0.1, 0.15) is 58.4 Å². The zero-order chi connectivity index (χ0) is 30.9. The molecule has 1 radical (unpaired) electrons. The summed E-state index contributed by atoms with van der Waals surface area (Å²) in [4.78, 5) is 23.7. The average Bonchev–Trinajstić information content (AvgIpc) is 2.97. The summed E-state index contributed by atoms with van der Waals surface area (Å²) in [6, 6.07) is 21.4. The Kier molecular flexibility index (Phi) is 12.5. The maximum absolute atomic E-state index is 10.5. The fourth-order valence-corrected chi connectivity index (χ4v) is 3.80. The van der Waals surface area contributed by atoms with Crippen molar-refractivity contribution in [2.45, 2.75) is 59.3 Å². The maximum atomic E-state index is 10.5. The van der Waals surface area contributed by atoms with E-state index in [1.54, 1.807) is 6.20 Å². The molecular formula is C35H40N4O3Ru+. The van der Waals surface area contributed by atoms with Gasteiger partial charge in [0.2, 0.25) is 11.2 Å². The molecule has 0 saturated heterocycles. The van der Waals surface area contributed by atoms with E-state index in [2.05, 4.69) is 92.2 Å². The van der Waals surface area contributed by atoms with Crippen molar-refractivity contribution in [2.24, 2.45) is 0 Å². The van der Waals surface area contributed by atoms with Gasteiger partial charge in [-0.1, -0.05) is 59.7 Å². The quantitative estimate of drug-likeness (QED) is 0.123. The van der Waals surface area contributed by atoms with Crippen LogP contribution in [-0.2, 0) is 30.3 Å². The van der Waals surface area contributed by atoms with Gasteiger partial charge in [0.25, 0.3) is 0 Å². The van der Waals surface area contributed by atoms with Crippen molar-refractivity contribution in [1.29, 1.82) is 0 Å². The van der Waals surface area contributed by atoms with Crippen LogP contribution in [0.5, 0.6) is 5.75 Å². The molecule has 0 amide bonds. The molecule has 0 spiro atoms. The smallest absolute Gasteiger partial charge is 0.502 e. The van der Waals surface area contributed by atoms with Gasteiger partial charge in [-0.05, 0) is 71.3 Å². The van der Waals surface area contributed by atoms with Crippen molar-refractivity contribution in [3.63, 3.8) is 0 Å². The number of rotatable bonds is 2. The Labute approximate surface area is 267 Å². The van der Waals surface area contributed by atoms with Crippen LogP contribution in [0.4, 0.5) is 0 Å². The summed E-state index contributed by atoms with van der Waals surface area (Å²) in [7, 11) is 3.87. The first-order chi connectivity index (χ1) is 19.8. The molecule has 0 fully saturated rings. The minimum Gasteiger partial charge on any atom is -0.502 e. The topological polar surface area (TPSA) is 93.0 Å². The van der Waals surface area contributed by atoms with Gasteiger partial charge in [0.1, 0.15) is 11.5 Å². The molecule has 0 aliphatic rings. The summed E-state index contributed by atoms with van der Waals surface area (Å²) in [6.45, 7) is 14.8. The molecule has 0 aliphatic heterocycles. The molecular weight excluding hydrogens is 625 g/mol. The Morgan fingerprint density at radius 2 is 1.28 bits per heavy atom. The van der Waals surface area contributed by atoms with Crippen molar-refractivity contribution in [3.8, 4) is 28.5 Å². The molecule has 7 nitrogen and oxygen atoms in total. The van der Waals surface area contributed by atoms with Crippen LogP contribution in [0.2, 0.25) is 0 Å². The van der Waals surface area contributed by atoms with Crippen LogP contribution in [0.3, 0.4) is 0 Å². The first-order valence-electron chi connectivity index (χ1n) is 13.7. The predicted octanol–water partition coefficient (Wildman–Crippen LogP) is 7.07. The molecule has 8 heteroatoms. The summed E-state index contributed by atoms with van der Waals surface area (Å²) in [5.41, 5.74) is 6.27. The van der Waals surface area contributed by atoms with Gasteiger partial charge in [0.05, 0.1) is 29.5 Å². The molecule has 5 aromatic rings. The third-order valence-corrected chi connectivity index (χ3v) is 6.41. The van der Waals surface area contributed by atoms with E-state index in [4.69, 9.17) is 5.11 Å². The zero-order valence-corrected chi connectivity index (χ0v) is 27.6. The van der Waals surface area contributed by atoms with Gasteiger partial charge in [-0.15, -0.1) is 0 Å². The standard InChI is InChI=1S/C18H24N2.C11H10N2.C6H6O3.Ru/c1-17(2,3)13-7-9-19-15(11-13)16-12-14(8-10-20-16)18(4,5)6;1-13-9-5-3-7-11(13)10-6-2-4-8-12-10;1-4-6(8)5(7)2-3-9-4;/h7-12H,1-6H3;2-9H,1H2;2-3,8H,1H3;/q;;;+1. The van der Waals surface area contributed by atoms with Crippen LogP contribution in [-0.4, -0.2) is 20.1 Å². The molecule has 0 atom stereocenters. The first-order valence-corrected chi connectivity index (χ1v) is 13.7. The number of pyridine rings is 4. The van der Waals surface area contributed by atoms with E-state index < -0.39 is 5.43 Å². The van der Waals surface area contributed by atoms with Crippen molar-refractivity contribution >= 4 is 0 Å². The normalized spacial score (nSPS) is 10.8. The predicted molar refractivity (Wildman–Crippen MR) is 167 cm³/mol. The summed E-state index contributed by atoms with van der Waals surface area (Å²) >= 11 is 0. The van der Waals surface area contributed by atoms with E-state index in [0.717, 1.165) is 22.8 Å². The minimum absolute atomic E-state index is 0. The van der Waals surface area contributed by atoms with Crippen molar-refractivity contribution < 1.29 is 33.6 Å². The van der Waals surface area contributed by atoms with Gasteiger partial charge in [0, 0.05) is 31.7 Å².